The van der Waals surface area contributed by atoms with Gasteiger partial charge in [0.15, 0.2) is 0 Å². The third-order valence-corrected chi connectivity index (χ3v) is 4.70. The summed E-state index contributed by atoms with van der Waals surface area (Å²) in [5.74, 6) is -2.05. The molecule has 0 amide bonds. The minimum absolute atomic E-state index is 0. The molecule has 26 heavy (non-hydrogen) atoms. The number of carbonyl (C=O) groups is 1. The Kier molecular flexibility index (Phi) is 22.6. The topological polar surface area (TPSA) is 63.9 Å². The number of nitriles is 1. The maximum absolute atomic E-state index is 11.0. The van der Waals surface area contributed by atoms with Gasteiger partial charge in [-0.3, -0.25) is 0 Å². The molecule has 142 valence electrons. The van der Waals surface area contributed by atoms with E-state index in [-0.39, 0.29) is 34.6 Å². The van der Waals surface area contributed by atoms with Gasteiger partial charge in [-0.25, -0.2) is 0 Å². The summed E-state index contributed by atoms with van der Waals surface area (Å²) >= 11 is 5.81. The summed E-state index contributed by atoms with van der Waals surface area (Å²) in [6.45, 7) is 2.24. The average molecular weight is 390 g/mol. The van der Waals surface area contributed by atoms with Gasteiger partial charge in [-0.2, -0.15) is 5.26 Å². The number of rotatable bonds is 16. The minimum atomic E-state index is -1.20. The molecule has 1 atom stereocenters. The second-order valence-corrected chi connectivity index (χ2v) is 6.99. The van der Waals surface area contributed by atoms with E-state index < -0.39 is 11.9 Å². The Morgan fingerprint density at radius 1 is 1.00 bits per heavy atom. The SMILES string of the molecule is CCCCCCCC/C=C\CCCCCCC(C(=O)[O-])C(Cl)=CC#N.[Na+]. The van der Waals surface area contributed by atoms with Gasteiger partial charge in [-0.1, -0.05) is 82.0 Å². The number of halogens is 1. The van der Waals surface area contributed by atoms with Gasteiger partial charge in [0.2, 0.25) is 0 Å². The number of hydrogen-bond acceptors (Lipinski definition) is 3. The van der Waals surface area contributed by atoms with E-state index in [9.17, 15) is 9.90 Å². The Labute approximate surface area is 187 Å². The van der Waals surface area contributed by atoms with Crippen molar-refractivity contribution in [2.75, 3.05) is 0 Å². The standard InChI is InChI=1S/C21H34ClNO2.Na/c1-2-3-4-5-6-7-8-9-10-11-12-13-14-15-16-19(21(24)25)20(22)17-18-23;/h9-10,17,19H,2-8,11-16H2,1H3,(H,24,25);/q;+1/p-1/b10-9-,20-17?;. The van der Waals surface area contributed by atoms with E-state index in [0.29, 0.717) is 6.42 Å². The largest absolute Gasteiger partial charge is 1.00 e. The van der Waals surface area contributed by atoms with Crippen LogP contribution in [-0.4, -0.2) is 5.97 Å². The second-order valence-electron chi connectivity index (χ2n) is 6.55. The van der Waals surface area contributed by atoms with E-state index >= 15 is 0 Å². The third kappa shape index (κ3) is 17.2. The number of allylic oxidation sites excluding steroid dienone is 3. The molecule has 0 aromatic heterocycles. The molecule has 0 fully saturated rings. The maximum Gasteiger partial charge on any atom is 1.00 e. The predicted molar refractivity (Wildman–Crippen MR) is 103 cm³/mol. The van der Waals surface area contributed by atoms with Crippen molar-refractivity contribution in [1.82, 2.24) is 0 Å². The van der Waals surface area contributed by atoms with Crippen molar-refractivity contribution < 1.29 is 39.5 Å². The van der Waals surface area contributed by atoms with Gasteiger partial charge >= 0.3 is 29.6 Å². The molecule has 0 aromatic carbocycles. The molecule has 0 N–H and O–H groups in total. The van der Waals surface area contributed by atoms with Crippen molar-refractivity contribution in [3.05, 3.63) is 23.3 Å². The average Bonchev–Trinajstić information content (AvgIpc) is 2.58. The number of nitrogens with zero attached hydrogens (tertiary/aromatic N) is 1. The van der Waals surface area contributed by atoms with Gasteiger partial charge in [0, 0.05) is 23.0 Å². The summed E-state index contributed by atoms with van der Waals surface area (Å²) in [7, 11) is 0. The first-order valence-electron chi connectivity index (χ1n) is 9.74. The van der Waals surface area contributed by atoms with Crippen LogP contribution in [0.15, 0.2) is 23.3 Å². The molecule has 0 radical (unpaired) electrons. The van der Waals surface area contributed by atoms with Crippen LogP contribution in [0.25, 0.3) is 0 Å². The van der Waals surface area contributed by atoms with Crippen molar-refractivity contribution in [2.45, 2.75) is 90.4 Å². The van der Waals surface area contributed by atoms with Crippen LogP contribution in [0.4, 0.5) is 0 Å². The maximum atomic E-state index is 11.0. The molecule has 5 heteroatoms. The van der Waals surface area contributed by atoms with Gasteiger partial charge < -0.3 is 9.90 Å². The van der Waals surface area contributed by atoms with Crippen molar-refractivity contribution in [1.29, 1.82) is 5.26 Å². The Balaban J connectivity index is 0. The van der Waals surface area contributed by atoms with Crippen LogP contribution in [0.3, 0.4) is 0 Å². The van der Waals surface area contributed by atoms with Crippen molar-refractivity contribution in [3.8, 4) is 6.07 Å². The molecule has 3 nitrogen and oxygen atoms in total. The Bertz CT molecular complexity index is 444. The number of hydrogen-bond donors (Lipinski definition) is 0. The van der Waals surface area contributed by atoms with E-state index in [2.05, 4.69) is 19.1 Å². The van der Waals surface area contributed by atoms with E-state index in [1.807, 2.05) is 0 Å². The molecule has 1 unspecified atom stereocenters. The van der Waals surface area contributed by atoms with Crippen LogP contribution >= 0.6 is 11.6 Å². The summed E-state index contributed by atoms with van der Waals surface area (Å²) in [4.78, 5) is 11.0. The molecule has 0 bridgehead atoms. The van der Waals surface area contributed by atoms with E-state index in [1.165, 1.54) is 44.9 Å². The van der Waals surface area contributed by atoms with Crippen molar-refractivity contribution in [2.24, 2.45) is 5.92 Å². The zero-order valence-electron chi connectivity index (χ0n) is 16.6. The summed E-state index contributed by atoms with van der Waals surface area (Å²) in [6, 6.07) is 1.76. The van der Waals surface area contributed by atoms with E-state index in [1.54, 1.807) is 6.07 Å². The summed E-state index contributed by atoms with van der Waals surface area (Å²) < 4.78 is 0. The molecule has 0 saturated carbocycles. The zero-order chi connectivity index (χ0) is 18.8. The fraction of sp³-hybridized carbons (Fsp3) is 0.714. The quantitative estimate of drug-likeness (QED) is 0.176. The number of carboxylic acid groups (broad SMARTS) is 1. The van der Waals surface area contributed by atoms with Gasteiger partial charge in [-0.15, -0.1) is 0 Å². The molecule has 0 rings (SSSR count). The van der Waals surface area contributed by atoms with E-state index in [4.69, 9.17) is 16.9 Å². The van der Waals surface area contributed by atoms with Crippen molar-refractivity contribution >= 4 is 17.6 Å². The Morgan fingerprint density at radius 3 is 2.00 bits per heavy atom. The van der Waals surface area contributed by atoms with Crippen LogP contribution in [-0.2, 0) is 4.79 Å². The van der Waals surface area contributed by atoms with Gasteiger partial charge in [0.25, 0.3) is 0 Å². The molecule has 0 spiro atoms. The summed E-state index contributed by atoms with van der Waals surface area (Å²) in [5, 5.41) is 19.6. The van der Waals surface area contributed by atoms with Crippen LogP contribution < -0.4 is 34.7 Å². The van der Waals surface area contributed by atoms with Gasteiger partial charge in [0.05, 0.1) is 6.07 Å². The Hall–Kier alpha value is -0.270. The predicted octanol–water partition coefficient (Wildman–Crippen LogP) is 2.65. The first-order chi connectivity index (χ1) is 12.1. The zero-order valence-corrected chi connectivity index (χ0v) is 19.4. The third-order valence-electron chi connectivity index (χ3n) is 4.32. The Morgan fingerprint density at radius 2 is 1.50 bits per heavy atom. The molecule has 0 aliphatic heterocycles. The van der Waals surface area contributed by atoms with Crippen LogP contribution in [0, 0.1) is 17.2 Å². The summed E-state index contributed by atoms with van der Waals surface area (Å²) in [6.07, 6.45) is 20.4. The number of unbranched alkanes of at least 4 members (excludes halogenated alkanes) is 10. The monoisotopic (exact) mass is 389 g/mol. The molecule has 0 saturated heterocycles. The number of carboxylic acids is 1. The number of carbonyl (C=O) groups excluding carboxylic acids is 1. The number of aliphatic carboxylic acids is 1. The van der Waals surface area contributed by atoms with Crippen LogP contribution in [0.1, 0.15) is 90.4 Å². The summed E-state index contributed by atoms with van der Waals surface area (Å²) in [5.41, 5.74) is 0. The molecule has 0 aromatic rings. The first kappa shape index (κ1) is 27.9. The van der Waals surface area contributed by atoms with E-state index in [0.717, 1.165) is 38.2 Å². The first-order valence-corrected chi connectivity index (χ1v) is 10.1. The normalized spacial score (nSPS) is 12.6. The smallest absolute Gasteiger partial charge is 0.549 e. The molecule has 0 heterocycles. The van der Waals surface area contributed by atoms with Gasteiger partial charge in [-0.05, 0) is 32.1 Å². The fourth-order valence-corrected chi connectivity index (χ4v) is 3.02. The molecule has 0 aliphatic rings. The molecular formula is C21H33ClNNaO2. The molecule has 0 aliphatic carbocycles. The van der Waals surface area contributed by atoms with Crippen molar-refractivity contribution in [3.63, 3.8) is 0 Å². The fourth-order valence-electron chi connectivity index (χ4n) is 2.77. The van der Waals surface area contributed by atoms with Gasteiger partial charge in [0.1, 0.15) is 0 Å². The molecular weight excluding hydrogens is 357 g/mol. The minimum Gasteiger partial charge on any atom is -0.549 e. The second kappa shape index (κ2) is 21.0. The van der Waals surface area contributed by atoms with Crippen LogP contribution in [0.2, 0.25) is 0 Å². The van der Waals surface area contributed by atoms with Crippen LogP contribution in [0.5, 0.6) is 0 Å².